The topological polar surface area (TPSA) is 63.2 Å². The summed E-state index contributed by atoms with van der Waals surface area (Å²) in [6.07, 6.45) is 0. The smallest absolute Gasteiger partial charge is 0.110 e. The van der Waals surface area contributed by atoms with E-state index >= 15 is 0 Å². The molecule has 7 heavy (non-hydrogen) atoms. The van der Waals surface area contributed by atoms with E-state index < -0.39 is 7.91 Å². The van der Waals surface area contributed by atoms with Crippen LogP contribution < -0.4 is 9.79 Å². The standard InChI is InChI=1S/FH2O3P.2H3P/c1-5(2,3)4;;/h(H2,2,3,4);2*1H3. The van der Waals surface area contributed by atoms with Crippen molar-refractivity contribution in [3.63, 3.8) is 0 Å². The second kappa shape index (κ2) is 5.08. The monoisotopic (exact) mass is 168 g/mol. The zero-order valence-electron chi connectivity index (χ0n) is 4.05. The van der Waals surface area contributed by atoms with Gasteiger partial charge in [-0.15, -0.1) is 0 Å². The van der Waals surface area contributed by atoms with E-state index in [0.717, 1.165) is 0 Å². The summed E-state index contributed by atoms with van der Waals surface area (Å²) in [4.78, 5) is 16.9. The molecule has 0 N–H and O–H groups in total. The zero-order valence-corrected chi connectivity index (χ0v) is 8.94. The van der Waals surface area contributed by atoms with Crippen LogP contribution in [0.2, 0.25) is 0 Å². The molecule has 0 aliphatic heterocycles. The summed E-state index contributed by atoms with van der Waals surface area (Å²) in [6, 6.07) is 0. The third-order valence-corrected chi connectivity index (χ3v) is 0. The fourth-order valence-electron chi connectivity index (χ4n) is 0. The summed E-state index contributed by atoms with van der Waals surface area (Å²) < 4.78 is 18.6. The molecule has 0 aromatic heterocycles. The highest BCUT2D eigenvalue weighted by molar-refractivity contribution is 7.42. The summed E-state index contributed by atoms with van der Waals surface area (Å²) >= 11 is 0. The highest BCUT2D eigenvalue weighted by Gasteiger charge is 1.69. The van der Waals surface area contributed by atoms with Crippen LogP contribution in [0, 0.1) is 0 Å². The Bertz CT molecular complexity index is 56.3. The first-order valence-electron chi connectivity index (χ1n) is 0.717. The SMILES string of the molecule is O=P([O-])([O-])F.[PH4+].[PH4+]. The summed E-state index contributed by atoms with van der Waals surface area (Å²) in [7, 11) is -5.64. The van der Waals surface area contributed by atoms with Crippen molar-refractivity contribution in [2.45, 2.75) is 0 Å². The van der Waals surface area contributed by atoms with E-state index in [2.05, 4.69) is 0 Å². The highest BCUT2D eigenvalue weighted by atomic mass is 31.2. The van der Waals surface area contributed by atoms with Gasteiger partial charge in [0.25, 0.3) is 0 Å². The van der Waals surface area contributed by atoms with Gasteiger partial charge in [0.05, 0.1) is 0 Å². The molecule has 0 aliphatic rings. The van der Waals surface area contributed by atoms with Gasteiger partial charge in [0.2, 0.25) is 0 Å². The Kier molecular flexibility index (Phi) is 11.4. The molecule has 0 aromatic carbocycles. The van der Waals surface area contributed by atoms with Crippen molar-refractivity contribution in [2.24, 2.45) is 0 Å². The third kappa shape index (κ3) is 192. The Hall–Kier alpha value is 0.940. The van der Waals surface area contributed by atoms with Gasteiger partial charge in [0.15, 0.2) is 0 Å². The van der Waals surface area contributed by atoms with Crippen LogP contribution in [0.1, 0.15) is 0 Å². The van der Waals surface area contributed by atoms with E-state index in [9.17, 15) is 4.20 Å². The molecular weight excluding hydrogens is 160 g/mol. The van der Waals surface area contributed by atoms with Crippen LogP contribution in [0.3, 0.4) is 0 Å². The van der Waals surface area contributed by atoms with Crippen molar-refractivity contribution in [1.82, 2.24) is 0 Å². The van der Waals surface area contributed by atoms with E-state index in [1.54, 1.807) is 0 Å². The first-order chi connectivity index (χ1) is 2.00. The molecule has 0 radical (unpaired) electrons. The predicted octanol–water partition coefficient (Wildman–Crippen LogP) is -1.63. The molecule has 0 spiro atoms. The molecule has 0 fully saturated rings. The van der Waals surface area contributed by atoms with Gasteiger partial charge in [0, 0.05) is 0 Å². The Morgan fingerprint density at radius 2 is 1.29 bits per heavy atom. The van der Waals surface area contributed by atoms with Crippen LogP contribution in [0.5, 0.6) is 0 Å². The molecule has 2 unspecified atom stereocenters. The van der Waals surface area contributed by atoms with Crippen molar-refractivity contribution in [3.05, 3.63) is 0 Å². The maximum atomic E-state index is 10.1. The van der Waals surface area contributed by atoms with Crippen LogP contribution >= 0.6 is 27.7 Å². The first-order valence-corrected chi connectivity index (χ1v) is 2.15. The molecule has 0 saturated heterocycles. The molecule has 0 aromatic rings. The average Bonchev–Trinajstić information content (AvgIpc) is 0.722. The third-order valence-electron chi connectivity index (χ3n) is 0. The fraction of sp³-hybridized carbons (Fsp3) is 0. The van der Waals surface area contributed by atoms with Gasteiger partial charge in [0.1, 0.15) is 7.91 Å². The molecule has 3 nitrogen and oxygen atoms in total. The second-order valence-electron chi connectivity index (χ2n) is 0.431. The minimum atomic E-state index is -5.64. The van der Waals surface area contributed by atoms with Crippen molar-refractivity contribution >= 4 is 27.7 Å². The van der Waals surface area contributed by atoms with Crippen LogP contribution in [0.25, 0.3) is 0 Å². The Morgan fingerprint density at radius 3 is 1.29 bits per heavy atom. The summed E-state index contributed by atoms with van der Waals surface area (Å²) in [5.74, 6) is 0. The lowest BCUT2D eigenvalue weighted by atomic mass is 15.8. The molecule has 0 rings (SSSR count). The number of hydrogen-bond donors (Lipinski definition) is 0. The van der Waals surface area contributed by atoms with Gasteiger partial charge in [-0.05, 0) is 19.8 Å². The summed E-state index contributed by atoms with van der Waals surface area (Å²) in [6.45, 7) is 0. The minimum Gasteiger partial charge on any atom is -0.786 e. The highest BCUT2D eigenvalue weighted by Crippen LogP contribution is 2.22. The lowest BCUT2D eigenvalue weighted by Gasteiger charge is -2.15. The molecule has 48 valence electrons. The molecular formula is H8FO3P3. The number of halogens is 1. The van der Waals surface area contributed by atoms with Crippen LogP contribution in [0.4, 0.5) is 4.20 Å². The minimum absolute atomic E-state index is 0. The lowest BCUT2D eigenvalue weighted by Crippen LogP contribution is -2.07. The maximum Gasteiger partial charge on any atom is 0.110 e. The first kappa shape index (κ1) is 15.7. The Balaban J connectivity index is -0.0000000800. The van der Waals surface area contributed by atoms with E-state index in [1.165, 1.54) is 0 Å². The van der Waals surface area contributed by atoms with E-state index in [1.807, 2.05) is 0 Å². The normalized spacial score (nSPS) is 8.43. The van der Waals surface area contributed by atoms with Crippen LogP contribution in [-0.2, 0) is 4.57 Å². The number of hydrogen-bond acceptors (Lipinski definition) is 3. The van der Waals surface area contributed by atoms with Gasteiger partial charge in [-0.3, -0.25) is 0 Å². The molecule has 0 amide bonds. The van der Waals surface area contributed by atoms with Gasteiger partial charge in [-0.25, -0.2) is 4.20 Å². The fourth-order valence-corrected chi connectivity index (χ4v) is 0. The van der Waals surface area contributed by atoms with E-state index in [-0.39, 0.29) is 19.8 Å². The van der Waals surface area contributed by atoms with Crippen molar-refractivity contribution in [3.8, 4) is 0 Å². The molecule has 0 aliphatic carbocycles. The molecule has 7 heteroatoms. The van der Waals surface area contributed by atoms with Crippen molar-refractivity contribution in [2.75, 3.05) is 0 Å². The van der Waals surface area contributed by atoms with Gasteiger partial charge < -0.3 is 14.4 Å². The quantitative estimate of drug-likeness (QED) is 0.407. The Morgan fingerprint density at radius 1 is 1.29 bits per heavy atom. The molecule has 0 saturated carbocycles. The van der Waals surface area contributed by atoms with E-state index in [0.29, 0.717) is 0 Å². The summed E-state index contributed by atoms with van der Waals surface area (Å²) in [5, 5.41) is 0. The predicted molar refractivity (Wildman–Crippen MR) is 33.7 cm³/mol. The van der Waals surface area contributed by atoms with Gasteiger partial charge >= 0.3 is 0 Å². The van der Waals surface area contributed by atoms with Crippen molar-refractivity contribution < 1.29 is 18.5 Å². The van der Waals surface area contributed by atoms with Crippen molar-refractivity contribution in [1.29, 1.82) is 0 Å². The molecule has 0 heterocycles. The average molecular weight is 168 g/mol. The Labute approximate surface area is 47.2 Å². The van der Waals surface area contributed by atoms with Gasteiger partial charge in [-0.2, -0.15) is 0 Å². The summed E-state index contributed by atoms with van der Waals surface area (Å²) in [5.41, 5.74) is 0. The van der Waals surface area contributed by atoms with Gasteiger partial charge in [-0.1, -0.05) is 0 Å². The van der Waals surface area contributed by atoms with Crippen LogP contribution in [0.15, 0.2) is 0 Å². The number of rotatable bonds is 0. The van der Waals surface area contributed by atoms with E-state index in [4.69, 9.17) is 14.4 Å². The molecule has 2 atom stereocenters. The van der Waals surface area contributed by atoms with Crippen LogP contribution in [-0.4, -0.2) is 0 Å². The molecule has 0 bridgehead atoms. The largest absolute Gasteiger partial charge is 0.786 e. The maximum absolute atomic E-state index is 10.1. The zero-order chi connectivity index (χ0) is 4.50. The lowest BCUT2D eigenvalue weighted by molar-refractivity contribution is -0.328. The second-order valence-corrected chi connectivity index (χ2v) is 1.29.